The molecule has 0 fully saturated rings. The van der Waals surface area contributed by atoms with Gasteiger partial charge in [0.05, 0.1) is 6.67 Å². The Bertz CT molecular complexity index is 757. The van der Waals surface area contributed by atoms with Gasteiger partial charge in [0, 0.05) is 13.1 Å². The van der Waals surface area contributed by atoms with Crippen molar-refractivity contribution in [3.05, 3.63) is 58.3 Å². The molecule has 0 N–H and O–H groups in total. The molecule has 3 rings (SSSR count). The Morgan fingerprint density at radius 1 is 0.786 bits per heavy atom. The first kappa shape index (κ1) is 22.9. The lowest BCUT2D eigenvalue weighted by Crippen LogP contribution is -2.27. The molecular weight excluding hydrogens is 387 g/mol. The fourth-order valence-corrected chi connectivity index (χ4v) is 4.01. The molecule has 0 radical (unpaired) electrons. The van der Waals surface area contributed by atoms with Gasteiger partial charge in [-0.15, -0.1) is 0 Å². The summed E-state index contributed by atoms with van der Waals surface area (Å²) in [6.45, 7) is 8.79. The number of hydrogen-bond acceptors (Lipinski definition) is 2. The Kier molecular flexibility index (Phi) is 10.0. The maximum atomic E-state index is 6.50. The molecule has 1 aliphatic heterocycles. The van der Waals surface area contributed by atoms with Crippen molar-refractivity contribution in [2.45, 2.75) is 65.8 Å². The standard InChI is InChI=1S/C22H28Cl2N2.C2H6/c1-2-3-4-5-6-9-14-25-17-26(22(24)21(25)23)16-18-12-13-19-10-7-8-11-20(19)15-18;1-2/h7-8,10-13,15H,2-6,9,14,16-17H2,1H3;1-2H3. The first-order chi connectivity index (χ1) is 13.7. The van der Waals surface area contributed by atoms with Crippen molar-refractivity contribution in [3.63, 3.8) is 0 Å². The SMILES string of the molecule is CC.CCCCCCCCN1CN(Cc2ccc3ccccc3c2)C(Cl)=C1Cl. The number of fused-ring (bicyclic) bond motifs is 1. The molecule has 1 heterocycles. The fraction of sp³-hybridized carbons (Fsp3) is 0.500. The van der Waals surface area contributed by atoms with Gasteiger partial charge in [-0.3, -0.25) is 0 Å². The van der Waals surface area contributed by atoms with E-state index < -0.39 is 0 Å². The molecule has 0 aromatic heterocycles. The monoisotopic (exact) mass is 420 g/mol. The van der Waals surface area contributed by atoms with Gasteiger partial charge in [0.2, 0.25) is 0 Å². The normalized spacial score (nSPS) is 13.9. The lowest BCUT2D eigenvalue weighted by molar-refractivity contribution is 0.249. The zero-order valence-corrected chi connectivity index (χ0v) is 19.1. The second-order valence-electron chi connectivity index (χ2n) is 7.13. The molecule has 154 valence electrons. The quantitative estimate of drug-likeness (QED) is 0.300. The van der Waals surface area contributed by atoms with Gasteiger partial charge in [-0.1, -0.05) is 112 Å². The van der Waals surface area contributed by atoms with Gasteiger partial charge in [-0.05, 0) is 28.8 Å². The third-order valence-electron chi connectivity index (χ3n) is 5.04. The van der Waals surface area contributed by atoms with Crippen LogP contribution < -0.4 is 0 Å². The van der Waals surface area contributed by atoms with Crippen molar-refractivity contribution in [2.75, 3.05) is 13.2 Å². The Hall–Kier alpha value is -1.38. The lowest BCUT2D eigenvalue weighted by Gasteiger charge is -2.22. The molecule has 2 nitrogen and oxygen atoms in total. The Morgan fingerprint density at radius 3 is 2.18 bits per heavy atom. The van der Waals surface area contributed by atoms with E-state index in [4.69, 9.17) is 23.2 Å². The smallest absolute Gasteiger partial charge is 0.142 e. The number of nitrogens with zero attached hydrogens (tertiary/aromatic N) is 2. The van der Waals surface area contributed by atoms with Gasteiger partial charge in [-0.25, -0.2) is 0 Å². The maximum absolute atomic E-state index is 6.50. The summed E-state index contributed by atoms with van der Waals surface area (Å²) < 4.78 is 0. The molecule has 4 heteroatoms. The molecule has 0 spiro atoms. The van der Waals surface area contributed by atoms with E-state index in [0.29, 0.717) is 10.3 Å². The maximum Gasteiger partial charge on any atom is 0.142 e. The topological polar surface area (TPSA) is 6.48 Å². The average molecular weight is 421 g/mol. The van der Waals surface area contributed by atoms with E-state index in [1.807, 2.05) is 13.8 Å². The number of benzene rings is 2. The van der Waals surface area contributed by atoms with E-state index in [-0.39, 0.29) is 0 Å². The molecule has 0 bridgehead atoms. The van der Waals surface area contributed by atoms with E-state index in [1.54, 1.807) is 0 Å². The van der Waals surface area contributed by atoms with E-state index >= 15 is 0 Å². The van der Waals surface area contributed by atoms with Crippen LogP contribution in [0.4, 0.5) is 0 Å². The second kappa shape index (κ2) is 12.2. The third-order valence-corrected chi connectivity index (χ3v) is 5.97. The predicted octanol–water partition coefficient (Wildman–Crippen LogP) is 7.91. The summed E-state index contributed by atoms with van der Waals surface area (Å²) in [5.41, 5.74) is 1.26. The minimum Gasteiger partial charge on any atom is -0.342 e. The number of halogens is 2. The van der Waals surface area contributed by atoms with E-state index in [1.165, 1.54) is 54.9 Å². The van der Waals surface area contributed by atoms with E-state index in [2.05, 4.69) is 59.2 Å². The van der Waals surface area contributed by atoms with E-state index in [0.717, 1.165) is 19.8 Å². The summed E-state index contributed by atoms with van der Waals surface area (Å²) in [4.78, 5) is 4.36. The van der Waals surface area contributed by atoms with Crippen molar-refractivity contribution in [2.24, 2.45) is 0 Å². The van der Waals surface area contributed by atoms with Crippen molar-refractivity contribution < 1.29 is 0 Å². The molecule has 0 saturated heterocycles. The summed E-state index contributed by atoms with van der Waals surface area (Å²) >= 11 is 13.0. The van der Waals surface area contributed by atoms with Crippen molar-refractivity contribution in [1.29, 1.82) is 0 Å². The van der Waals surface area contributed by atoms with Crippen LogP contribution in [0.5, 0.6) is 0 Å². The minimum absolute atomic E-state index is 0.672. The van der Waals surface area contributed by atoms with Crippen LogP contribution in [0.1, 0.15) is 64.9 Å². The van der Waals surface area contributed by atoms with Crippen molar-refractivity contribution in [1.82, 2.24) is 9.80 Å². The van der Waals surface area contributed by atoms with Crippen molar-refractivity contribution >= 4 is 34.0 Å². The zero-order chi connectivity index (χ0) is 20.4. The summed E-state index contributed by atoms with van der Waals surface area (Å²) in [6.07, 6.45) is 7.74. The van der Waals surface area contributed by atoms with Crippen LogP contribution >= 0.6 is 23.2 Å². The van der Waals surface area contributed by atoms with Gasteiger partial charge in [0.15, 0.2) is 0 Å². The zero-order valence-electron chi connectivity index (χ0n) is 17.6. The van der Waals surface area contributed by atoms with Gasteiger partial charge in [0.1, 0.15) is 10.3 Å². The molecule has 0 aliphatic carbocycles. The Balaban J connectivity index is 0.00000136. The van der Waals surface area contributed by atoms with Gasteiger partial charge in [-0.2, -0.15) is 0 Å². The molecule has 1 aliphatic rings. The molecule has 0 unspecified atom stereocenters. The first-order valence-corrected chi connectivity index (χ1v) is 11.5. The molecular formula is C24H34Cl2N2. The summed E-state index contributed by atoms with van der Waals surface area (Å²) in [5.74, 6) is 0. The van der Waals surface area contributed by atoms with Crippen LogP contribution in [-0.2, 0) is 6.54 Å². The third kappa shape index (κ3) is 6.32. The summed E-state index contributed by atoms with van der Waals surface area (Å²) in [5, 5.41) is 3.90. The minimum atomic E-state index is 0.672. The van der Waals surface area contributed by atoms with E-state index in [9.17, 15) is 0 Å². The van der Waals surface area contributed by atoms with Crippen LogP contribution in [0.25, 0.3) is 10.8 Å². The van der Waals surface area contributed by atoms with Gasteiger partial charge in [0.25, 0.3) is 0 Å². The van der Waals surface area contributed by atoms with Crippen LogP contribution in [-0.4, -0.2) is 23.0 Å². The highest BCUT2D eigenvalue weighted by Crippen LogP contribution is 2.31. The largest absolute Gasteiger partial charge is 0.342 e. The molecule has 2 aromatic rings. The first-order valence-electron chi connectivity index (χ1n) is 10.7. The highest BCUT2D eigenvalue weighted by molar-refractivity contribution is 6.38. The van der Waals surface area contributed by atoms with Crippen LogP contribution in [0, 0.1) is 0 Å². The molecule has 0 amide bonds. The number of unbranched alkanes of at least 4 members (excludes halogenated alkanes) is 5. The second-order valence-corrected chi connectivity index (χ2v) is 7.85. The molecule has 2 aromatic carbocycles. The Labute approximate surface area is 181 Å². The summed E-state index contributed by atoms with van der Waals surface area (Å²) in [7, 11) is 0. The van der Waals surface area contributed by atoms with Gasteiger partial charge >= 0.3 is 0 Å². The van der Waals surface area contributed by atoms with Crippen molar-refractivity contribution in [3.8, 4) is 0 Å². The highest BCUT2D eigenvalue weighted by atomic mass is 35.5. The molecule has 0 atom stereocenters. The average Bonchev–Trinajstić information content (AvgIpc) is 3.00. The van der Waals surface area contributed by atoms with Gasteiger partial charge < -0.3 is 9.80 Å². The fourth-order valence-electron chi connectivity index (χ4n) is 3.52. The summed E-state index contributed by atoms with van der Waals surface area (Å²) in [6, 6.07) is 15.0. The molecule has 0 saturated carbocycles. The Morgan fingerprint density at radius 2 is 1.43 bits per heavy atom. The highest BCUT2D eigenvalue weighted by Gasteiger charge is 2.26. The predicted molar refractivity (Wildman–Crippen MR) is 125 cm³/mol. The number of rotatable bonds is 9. The van der Waals surface area contributed by atoms with Crippen LogP contribution in [0.3, 0.4) is 0 Å². The molecule has 28 heavy (non-hydrogen) atoms. The number of hydrogen-bond donors (Lipinski definition) is 0. The lowest BCUT2D eigenvalue weighted by atomic mass is 10.1. The van der Waals surface area contributed by atoms with Crippen LogP contribution in [0.15, 0.2) is 52.8 Å². The van der Waals surface area contributed by atoms with Crippen LogP contribution in [0.2, 0.25) is 0 Å².